The Hall–Kier alpha value is -5.20. The van der Waals surface area contributed by atoms with Crippen LogP contribution in [0.1, 0.15) is 166 Å². The maximum absolute atomic E-state index is 13.9. The van der Waals surface area contributed by atoms with Crippen molar-refractivity contribution in [3.8, 4) is 0 Å². The van der Waals surface area contributed by atoms with Crippen molar-refractivity contribution in [2.24, 2.45) is 0 Å². The summed E-state index contributed by atoms with van der Waals surface area (Å²) >= 11 is 0. The minimum Gasteiger partial charge on any atom is -0.464 e. The molecule has 0 N–H and O–H groups in total. The van der Waals surface area contributed by atoms with E-state index in [1.54, 1.807) is 11.0 Å². The van der Waals surface area contributed by atoms with E-state index in [0.717, 1.165) is 57.8 Å². The number of rotatable bonds is 33. The predicted octanol–water partition coefficient (Wildman–Crippen LogP) is 13.8. The highest BCUT2D eigenvalue weighted by Crippen LogP contribution is 2.37. The molecule has 0 aliphatic rings. The van der Waals surface area contributed by atoms with Crippen molar-refractivity contribution in [1.29, 1.82) is 0 Å². The number of benzene rings is 2. The summed E-state index contributed by atoms with van der Waals surface area (Å²) in [5.74, 6) is -0.506. The molecule has 0 fully saturated rings. The summed E-state index contributed by atoms with van der Waals surface area (Å²) in [6, 6.07) is 21.0. The number of nitrogens with zero attached hydrogens (tertiary/aromatic N) is 2. The highest BCUT2D eigenvalue weighted by molar-refractivity contribution is 6.99. The number of hydrogen-bond acceptors (Lipinski definition) is 9. The van der Waals surface area contributed by atoms with Crippen LogP contribution in [0.3, 0.4) is 0 Å². The topological polar surface area (TPSA) is 121 Å². The number of unbranched alkanes of at least 4 members (excludes halogenated alkanes) is 2. The summed E-state index contributed by atoms with van der Waals surface area (Å²) in [5, 5.41) is 2.21. The van der Waals surface area contributed by atoms with Gasteiger partial charge >= 0.3 is 24.1 Å². The van der Waals surface area contributed by atoms with Gasteiger partial charge in [-0.15, -0.1) is 0 Å². The SMILES string of the molecule is C=CCOC(=O)CCC/C=C\C/C=C\C[C@H](CCC)N(CCOC(=O)CCC/C=C\C/C=C\C[C@H](CCC)N(CCO[Si](c1ccccc1)(c1ccccc1)C(C)(C)C)C(=O)OC(C)(C)C)C(=O)OC(C)(C)C. The predicted molar refractivity (Wildman–Crippen MR) is 302 cm³/mol. The van der Waals surface area contributed by atoms with Gasteiger partial charge in [-0.1, -0.05) is 169 Å². The van der Waals surface area contributed by atoms with E-state index in [1.165, 1.54) is 10.4 Å². The standard InChI is InChI=1S/C61H94N2O9Si/c1-13-36-51(38-28-22-18-16-20-24-34-44-55(64)68-48-15-3)62(57(66)71-59(4,5)6)46-49-69-56(65)45-35-25-21-17-19-23-29-39-52(37-14-2)63(58(67)72-60(7,8)9)47-50-70-73(61(10,11)12,53-40-30-26-31-41-53)54-42-32-27-33-43-54/h15-17,20-23,26-33,40-43,51-52H,3,13-14,18-19,24-25,34-39,44-50H2,1-2,4-12H3/b20-16-,21-17-,28-22-,29-23-/t51-,52-/m0/s1. The first-order valence-electron chi connectivity index (χ1n) is 26.9. The van der Waals surface area contributed by atoms with E-state index in [1.807, 2.05) is 58.6 Å². The number of carbonyl (C=O) groups is 4. The van der Waals surface area contributed by atoms with Gasteiger partial charge in [0, 0.05) is 31.5 Å². The van der Waals surface area contributed by atoms with Crippen molar-refractivity contribution in [3.63, 3.8) is 0 Å². The van der Waals surface area contributed by atoms with Crippen molar-refractivity contribution in [1.82, 2.24) is 9.80 Å². The number of carbonyl (C=O) groups excluding carboxylic acids is 4. The van der Waals surface area contributed by atoms with Crippen LogP contribution in [0.15, 0.2) is 122 Å². The minimum absolute atomic E-state index is 0.0668. The molecule has 2 amide bonds. The Labute approximate surface area is 442 Å². The zero-order valence-corrected chi connectivity index (χ0v) is 47.8. The van der Waals surface area contributed by atoms with Gasteiger partial charge in [0.15, 0.2) is 0 Å². The molecule has 0 aromatic heterocycles. The first-order chi connectivity index (χ1) is 34.7. The monoisotopic (exact) mass is 1030 g/mol. The van der Waals surface area contributed by atoms with Gasteiger partial charge in [0.25, 0.3) is 8.32 Å². The molecule has 2 rings (SSSR count). The number of amides is 2. The first kappa shape index (κ1) is 63.9. The second kappa shape index (κ2) is 34.3. The Balaban J connectivity index is 1.97. The minimum atomic E-state index is -2.80. The molecule has 2 aromatic carbocycles. The maximum atomic E-state index is 13.9. The Morgan fingerprint density at radius 1 is 0.575 bits per heavy atom. The average molecular weight is 1030 g/mol. The fourth-order valence-electron chi connectivity index (χ4n) is 8.58. The maximum Gasteiger partial charge on any atom is 0.410 e. The van der Waals surface area contributed by atoms with Crippen LogP contribution in [0, 0.1) is 0 Å². The molecule has 0 saturated carbocycles. The molecule has 0 unspecified atom stereocenters. The summed E-state index contributed by atoms with van der Waals surface area (Å²) in [6.07, 6.45) is 27.3. The second-order valence-corrected chi connectivity index (χ2v) is 25.9. The third-order valence-corrected chi connectivity index (χ3v) is 17.0. The molecule has 0 saturated heterocycles. The molecule has 0 aliphatic carbocycles. The van der Waals surface area contributed by atoms with Crippen LogP contribution in [0.25, 0.3) is 0 Å². The third kappa shape index (κ3) is 25.5. The lowest BCUT2D eigenvalue weighted by atomic mass is 10.1. The van der Waals surface area contributed by atoms with Gasteiger partial charge in [0.05, 0.1) is 13.2 Å². The summed E-state index contributed by atoms with van der Waals surface area (Å²) in [7, 11) is -2.80. The fourth-order valence-corrected chi connectivity index (χ4v) is 13.1. The first-order valence-corrected chi connectivity index (χ1v) is 28.9. The molecule has 0 bridgehead atoms. The molecule has 0 spiro atoms. The smallest absolute Gasteiger partial charge is 0.410 e. The Morgan fingerprint density at radius 2 is 0.986 bits per heavy atom. The molecule has 2 atom stereocenters. The summed E-state index contributed by atoms with van der Waals surface area (Å²) < 4.78 is 29.7. The van der Waals surface area contributed by atoms with Crippen LogP contribution in [0.4, 0.5) is 9.59 Å². The molecule has 73 heavy (non-hydrogen) atoms. The van der Waals surface area contributed by atoms with Crippen LogP contribution in [0.5, 0.6) is 0 Å². The number of allylic oxidation sites excluding steroid dienone is 6. The van der Waals surface area contributed by atoms with E-state index < -0.39 is 25.6 Å². The molecular weight excluding hydrogens is 933 g/mol. The Bertz CT molecular complexity index is 1970. The van der Waals surface area contributed by atoms with Crippen LogP contribution in [-0.2, 0) is 33.0 Å². The fraction of sp³-hybridized carbons (Fsp3) is 0.574. The summed E-state index contributed by atoms with van der Waals surface area (Å²) in [4.78, 5) is 55.4. The van der Waals surface area contributed by atoms with Crippen molar-refractivity contribution < 1.29 is 42.6 Å². The molecule has 406 valence electrons. The lowest BCUT2D eigenvalue weighted by Gasteiger charge is -2.43. The molecule has 12 heteroatoms. The zero-order chi connectivity index (χ0) is 54.2. The molecule has 11 nitrogen and oxygen atoms in total. The van der Waals surface area contributed by atoms with Gasteiger partial charge in [-0.2, -0.15) is 0 Å². The normalized spacial score (nSPS) is 13.4. The van der Waals surface area contributed by atoms with Crippen molar-refractivity contribution in [2.75, 3.05) is 32.9 Å². The van der Waals surface area contributed by atoms with Crippen LogP contribution in [0.2, 0.25) is 5.04 Å². The van der Waals surface area contributed by atoms with E-state index in [0.29, 0.717) is 38.8 Å². The lowest BCUT2D eigenvalue weighted by molar-refractivity contribution is -0.144. The Morgan fingerprint density at radius 3 is 1.38 bits per heavy atom. The van der Waals surface area contributed by atoms with Crippen LogP contribution >= 0.6 is 0 Å². The highest BCUT2D eigenvalue weighted by atomic mass is 28.4. The van der Waals surface area contributed by atoms with Crippen molar-refractivity contribution in [2.45, 2.75) is 194 Å². The third-order valence-electron chi connectivity index (χ3n) is 11.9. The van der Waals surface area contributed by atoms with Crippen LogP contribution < -0.4 is 10.4 Å². The van der Waals surface area contributed by atoms with E-state index in [2.05, 4.69) is 138 Å². The van der Waals surface area contributed by atoms with E-state index in [-0.39, 0.29) is 61.3 Å². The van der Waals surface area contributed by atoms with Gasteiger partial charge in [0.1, 0.15) is 24.4 Å². The largest absolute Gasteiger partial charge is 0.464 e. The van der Waals surface area contributed by atoms with E-state index in [4.69, 9.17) is 23.4 Å². The van der Waals surface area contributed by atoms with Crippen LogP contribution in [-0.4, -0.2) is 98.4 Å². The second-order valence-electron chi connectivity index (χ2n) is 21.5. The summed E-state index contributed by atoms with van der Waals surface area (Å²) in [5.41, 5.74) is -1.31. The quantitative estimate of drug-likeness (QED) is 0.0226. The van der Waals surface area contributed by atoms with E-state index >= 15 is 0 Å². The van der Waals surface area contributed by atoms with Gasteiger partial charge in [-0.3, -0.25) is 9.59 Å². The zero-order valence-electron chi connectivity index (χ0n) is 46.8. The molecule has 2 aromatic rings. The van der Waals surface area contributed by atoms with Gasteiger partial charge < -0.3 is 33.2 Å². The highest BCUT2D eigenvalue weighted by Gasteiger charge is 2.50. The van der Waals surface area contributed by atoms with Crippen molar-refractivity contribution >= 4 is 42.8 Å². The number of hydrogen-bond donors (Lipinski definition) is 0. The molecule has 0 heterocycles. The lowest BCUT2D eigenvalue weighted by Crippen LogP contribution is -2.67. The molecular formula is C61H94N2O9Si. The molecule has 0 aliphatic heterocycles. The Kier molecular flexibility index (Phi) is 30.0. The van der Waals surface area contributed by atoms with Gasteiger partial charge in [-0.05, 0) is 121 Å². The molecule has 0 radical (unpaired) electrons. The number of esters is 2. The average Bonchev–Trinajstić information content (AvgIpc) is 3.32. The van der Waals surface area contributed by atoms with Crippen molar-refractivity contribution in [3.05, 3.63) is 122 Å². The van der Waals surface area contributed by atoms with Gasteiger partial charge in [-0.25, -0.2) is 9.59 Å². The number of ether oxygens (including phenoxy) is 4. The summed E-state index contributed by atoms with van der Waals surface area (Å²) in [6.45, 7) is 27.2. The van der Waals surface area contributed by atoms with E-state index in [9.17, 15) is 19.2 Å². The van der Waals surface area contributed by atoms with Gasteiger partial charge in [0.2, 0.25) is 0 Å².